The zero-order chi connectivity index (χ0) is 9.10. The summed E-state index contributed by atoms with van der Waals surface area (Å²) in [6.07, 6.45) is 2.24. The maximum atomic E-state index is 5.49. The minimum atomic E-state index is 0.715. The SMILES string of the molecule is NCCc1nc(C2CCSC2)cs1. The van der Waals surface area contributed by atoms with E-state index >= 15 is 0 Å². The summed E-state index contributed by atoms with van der Waals surface area (Å²) in [5, 5.41) is 3.41. The average Bonchev–Trinajstić information content (AvgIpc) is 2.70. The largest absolute Gasteiger partial charge is 0.330 e. The fourth-order valence-electron chi connectivity index (χ4n) is 1.52. The van der Waals surface area contributed by atoms with Crippen LogP contribution in [-0.2, 0) is 6.42 Å². The average molecular weight is 214 g/mol. The second-order valence-corrected chi connectivity index (χ2v) is 5.36. The molecule has 0 bridgehead atoms. The lowest BCUT2D eigenvalue weighted by Crippen LogP contribution is -2.03. The number of thioether (sulfide) groups is 1. The van der Waals surface area contributed by atoms with Crippen molar-refractivity contribution >= 4 is 23.1 Å². The number of hydrogen-bond acceptors (Lipinski definition) is 4. The highest BCUT2D eigenvalue weighted by Crippen LogP contribution is 2.32. The zero-order valence-electron chi connectivity index (χ0n) is 7.53. The quantitative estimate of drug-likeness (QED) is 0.835. The van der Waals surface area contributed by atoms with Crippen LogP contribution in [0.4, 0.5) is 0 Å². The Balaban J connectivity index is 2.03. The van der Waals surface area contributed by atoms with Gasteiger partial charge in [0, 0.05) is 23.5 Å². The molecule has 1 aliphatic heterocycles. The first kappa shape index (κ1) is 9.49. The fourth-order valence-corrected chi connectivity index (χ4v) is 3.65. The van der Waals surface area contributed by atoms with E-state index in [1.807, 2.05) is 11.8 Å². The molecule has 2 nitrogen and oxygen atoms in total. The molecule has 1 aromatic heterocycles. The Morgan fingerprint density at radius 2 is 2.54 bits per heavy atom. The van der Waals surface area contributed by atoms with Gasteiger partial charge in [0.05, 0.1) is 10.7 Å². The van der Waals surface area contributed by atoms with Crippen molar-refractivity contribution in [3.05, 3.63) is 16.1 Å². The number of aromatic nitrogens is 1. The predicted octanol–water partition coefficient (Wildman–Crippen LogP) is 1.86. The molecule has 0 aliphatic carbocycles. The van der Waals surface area contributed by atoms with Gasteiger partial charge in [-0.25, -0.2) is 4.98 Å². The first-order valence-electron chi connectivity index (χ1n) is 4.62. The normalized spacial score (nSPS) is 22.4. The van der Waals surface area contributed by atoms with Gasteiger partial charge in [0.15, 0.2) is 0 Å². The summed E-state index contributed by atoms with van der Waals surface area (Å²) in [6.45, 7) is 0.715. The van der Waals surface area contributed by atoms with Crippen molar-refractivity contribution < 1.29 is 0 Å². The molecule has 1 fully saturated rings. The highest BCUT2D eigenvalue weighted by atomic mass is 32.2. The van der Waals surface area contributed by atoms with Gasteiger partial charge in [-0.2, -0.15) is 11.8 Å². The Kier molecular flexibility index (Phi) is 3.24. The monoisotopic (exact) mass is 214 g/mol. The topological polar surface area (TPSA) is 38.9 Å². The lowest BCUT2D eigenvalue weighted by molar-refractivity contribution is 0.752. The summed E-state index contributed by atoms with van der Waals surface area (Å²) in [7, 11) is 0. The molecule has 2 heterocycles. The van der Waals surface area contributed by atoms with E-state index in [0.29, 0.717) is 12.5 Å². The molecule has 2 N–H and O–H groups in total. The summed E-state index contributed by atoms with van der Waals surface area (Å²) in [6, 6.07) is 0. The van der Waals surface area contributed by atoms with Crippen molar-refractivity contribution in [3.63, 3.8) is 0 Å². The third-order valence-electron chi connectivity index (χ3n) is 2.28. The van der Waals surface area contributed by atoms with E-state index in [0.717, 1.165) is 6.42 Å². The summed E-state index contributed by atoms with van der Waals surface area (Å²) in [5.74, 6) is 3.27. The molecule has 0 aromatic carbocycles. The van der Waals surface area contributed by atoms with Crippen LogP contribution in [0, 0.1) is 0 Å². The van der Waals surface area contributed by atoms with Crippen molar-refractivity contribution in [1.82, 2.24) is 4.98 Å². The van der Waals surface area contributed by atoms with Crippen LogP contribution in [0.5, 0.6) is 0 Å². The third kappa shape index (κ3) is 2.24. The Hall–Kier alpha value is -0.0600. The van der Waals surface area contributed by atoms with E-state index in [2.05, 4.69) is 10.4 Å². The van der Waals surface area contributed by atoms with Crippen LogP contribution in [0.25, 0.3) is 0 Å². The van der Waals surface area contributed by atoms with Crippen molar-refractivity contribution in [3.8, 4) is 0 Å². The van der Waals surface area contributed by atoms with Crippen LogP contribution in [0.1, 0.15) is 23.0 Å². The maximum absolute atomic E-state index is 5.49. The molecule has 0 radical (unpaired) electrons. The Labute approximate surface area is 86.9 Å². The smallest absolute Gasteiger partial charge is 0.0940 e. The maximum Gasteiger partial charge on any atom is 0.0940 e. The van der Waals surface area contributed by atoms with Gasteiger partial charge in [-0.3, -0.25) is 0 Å². The molecule has 72 valence electrons. The van der Waals surface area contributed by atoms with Gasteiger partial charge in [0.2, 0.25) is 0 Å². The predicted molar refractivity (Wildman–Crippen MR) is 59.6 cm³/mol. The number of rotatable bonds is 3. The molecule has 0 saturated carbocycles. The standard InChI is InChI=1S/C9H14N2S2/c10-3-1-9-11-8(6-13-9)7-2-4-12-5-7/h6-7H,1-5,10H2. The number of nitrogens with two attached hydrogens (primary N) is 1. The lowest BCUT2D eigenvalue weighted by Gasteiger charge is -2.01. The van der Waals surface area contributed by atoms with Gasteiger partial charge in [-0.1, -0.05) is 0 Å². The fraction of sp³-hybridized carbons (Fsp3) is 0.667. The van der Waals surface area contributed by atoms with E-state index in [4.69, 9.17) is 5.73 Å². The van der Waals surface area contributed by atoms with Crippen molar-refractivity contribution in [2.24, 2.45) is 5.73 Å². The van der Waals surface area contributed by atoms with E-state index in [-0.39, 0.29) is 0 Å². The molecule has 13 heavy (non-hydrogen) atoms. The van der Waals surface area contributed by atoms with Gasteiger partial charge in [0.1, 0.15) is 0 Å². The molecule has 4 heteroatoms. The van der Waals surface area contributed by atoms with Crippen LogP contribution in [0.2, 0.25) is 0 Å². The molecule has 1 unspecified atom stereocenters. The Bertz CT molecular complexity index is 266. The van der Waals surface area contributed by atoms with E-state index in [1.54, 1.807) is 11.3 Å². The molecule has 1 saturated heterocycles. The molecule has 1 aliphatic rings. The van der Waals surface area contributed by atoms with E-state index in [9.17, 15) is 0 Å². The summed E-state index contributed by atoms with van der Waals surface area (Å²) in [4.78, 5) is 4.61. The first-order chi connectivity index (χ1) is 6.40. The first-order valence-corrected chi connectivity index (χ1v) is 6.65. The van der Waals surface area contributed by atoms with Crippen LogP contribution in [0.15, 0.2) is 5.38 Å². The highest BCUT2D eigenvalue weighted by molar-refractivity contribution is 7.99. The molecular formula is C9H14N2S2. The molecular weight excluding hydrogens is 200 g/mol. The molecule has 0 spiro atoms. The van der Waals surface area contributed by atoms with Gasteiger partial charge >= 0.3 is 0 Å². The van der Waals surface area contributed by atoms with Crippen LogP contribution in [0.3, 0.4) is 0 Å². The lowest BCUT2D eigenvalue weighted by atomic mass is 10.1. The second-order valence-electron chi connectivity index (χ2n) is 3.27. The molecule has 1 atom stereocenters. The van der Waals surface area contributed by atoms with E-state index < -0.39 is 0 Å². The van der Waals surface area contributed by atoms with Crippen molar-refractivity contribution in [1.29, 1.82) is 0 Å². The van der Waals surface area contributed by atoms with Crippen LogP contribution >= 0.6 is 23.1 Å². The van der Waals surface area contributed by atoms with E-state index in [1.165, 1.54) is 28.6 Å². The Morgan fingerprint density at radius 3 is 3.23 bits per heavy atom. The van der Waals surface area contributed by atoms with Gasteiger partial charge < -0.3 is 5.73 Å². The van der Waals surface area contributed by atoms with Gasteiger partial charge in [-0.15, -0.1) is 11.3 Å². The molecule has 1 aromatic rings. The van der Waals surface area contributed by atoms with Crippen molar-refractivity contribution in [2.45, 2.75) is 18.8 Å². The Morgan fingerprint density at radius 1 is 1.62 bits per heavy atom. The highest BCUT2D eigenvalue weighted by Gasteiger charge is 2.19. The minimum Gasteiger partial charge on any atom is -0.330 e. The summed E-state index contributed by atoms with van der Waals surface area (Å²) >= 11 is 3.80. The number of thiazole rings is 1. The molecule has 2 rings (SSSR count). The van der Waals surface area contributed by atoms with Gasteiger partial charge in [-0.05, 0) is 18.7 Å². The second kappa shape index (κ2) is 4.44. The molecule has 0 amide bonds. The summed E-state index contributed by atoms with van der Waals surface area (Å²) < 4.78 is 0. The number of nitrogens with zero attached hydrogens (tertiary/aromatic N) is 1. The van der Waals surface area contributed by atoms with Crippen LogP contribution < -0.4 is 5.73 Å². The van der Waals surface area contributed by atoms with Crippen molar-refractivity contribution in [2.75, 3.05) is 18.1 Å². The minimum absolute atomic E-state index is 0.715. The summed E-state index contributed by atoms with van der Waals surface area (Å²) in [5.41, 5.74) is 6.79. The number of hydrogen-bond donors (Lipinski definition) is 1. The zero-order valence-corrected chi connectivity index (χ0v) is 9.16. The van der Waals surface area contributed by atoms with Crippen LogP contribution in [-0.4, -0.2) is 23.0 Å². The third-order valence-corrected chi connectivity index (χ3v) is 4.36. The van der Waals surface area contributed by atoms with Gasteiger partial charge in [0.25, 0.3) is 0 Å².